The van der Waals surface area contributed by atoms with Gasteiger partial charge in [-0.1, -0.05) is 25.5 Å². The monoisotopic (exact) mass is 346 g/mol. The summed E-state index contributed by atoms with van der Waals surface area (Å²) < 4.78 is 5.40. The van der Waals surface area contributed by atoms with Crippen LogP contribution >= 0.6 is 0 Å². The largest absolute Gasteiger partial charge is 0.460 e. The number of hydrogen-bond acceptors (Lipinski definition) is 4. The number of ketones is 1. The first kappa shape index (κ1) is 17.3. The highest BCUT2D eigenvalue weighted by Crippen LogP contribution is 2.64. The first-order valence-electron chi connectivity index (χ1n) is 9.91. The standard InChI is InChI=1S/C21H30O4/c1-20-9-7-14(25-19(24)12-22)11-13(20)3-4-15-16-5-6-18(23)21(16,2)10-8-17(15)20/h3,14-17,22H,4-12H2,1-2H3/t14-,15?,16?,17?,20-,21-/m0/s1. The Kier molecular flexibility index (Phi) is 4.10. The minimum absolute atomic E-state index is 0.0727. The van der Waals surface area contributed by atoms with Crippen molar-refractivity contribution in [3.8, 4) is 0 Å². The number of aliphatic hydroxyl groups is 1. The molecule has 0 bridgehead atoms. The van der Waals surface area contributed by atoms with Crippen LogP contribution in [0.5, 0.6) is 0 Å². The number of fused-ring (bicyclic) bond motifs is 5. The van der Waals surface area contributed by atoms with Gasteiger partial charge in [-0.25, -0.2) is 4.79 Å². The second-order valence-electron chi connectivity index (χ2n) is 9.19. The molecule has 1 N–H and O–H groups in total. The van der Waals surface area contributed by atoms with Gasteiger partial charge in [0.05, 0.1) is 0 Å². The third kappa shape index (κ3) is 2.51. The van der Waals surface area contributed by atoms with E-state index in [1.54, 1.807) is 0 Å². The van der Waals surface area contributed by atoms with E-state index in [1.807, 2.05) is 0 Å². The first-order chi connectivity index (χ1) is 11.9. The number of carbonyl (C=O) groups excluding carboxylic acids is 2. The average Bonchev–Trinajstić information content (AvgIpc) is 2.90. The van der Waals surface area contributed by atoms with E-state index in [1.165, 1.54) is 5.57 Å². The second kappa shape index (κ2) is 5.94. The molecular weight excluding hydrogens is 316 g/mol. The van der Waals surface area contributed by atoms with E-state index in [4.69, 9.17) is 9.84 Å². The van der Waals surface area contributed by atoms with Crippen LogP contribution in [0.3, 0.4) is 0 Å². The Labute approximate surface area is 150 Å². The van der Waals surface area contributed by atoms with Gasteiger partial charge in [-0.2, -0.15) is 0 Å². The summed E-state index contributed by atoms with van der Waals surface area (Å²) >= 11 is 0. The maximum absolute atomic E-state index is 12.5. The van der Waals surface area contributed by atoms with Crippen molar-refractivity contribution in [2.75, 3.05) is 6.61 Å². The SMILES string of the molecule is C[C@]12CC[C@H](OC(=O)CO)CC1=CCC1C2CC[C@]2(C)C(=O)CCC12. The molecule has 25 heavy (non-hydrogen) atoms. The van der Waals surface area contributed by atoms with Crippen LogP contribution in [0.15, 0.2) is 11.6 Å². The van der Waals surface area contributed by atoms with Gasteiger partial charge in [0.15, 0.2) is 0 Å². The van der Waals surface area contributed by atoms with Crippen LogP contribution in [0.4, 0.5) is 0 Å². The summed E-state index contributed by atoms with van der Waals surface area (Å²) in [4.78, 5) is 23.9. The lowest BCUT2D eigenvalue weighted by Crippen LogP contribution is -2.50. The second-order valence-corrected chi connectivity index (χ2v) is 9.19. The van der Waals surface area contributed by atoms with Gasteiger partial charge < -0.3 is 9.84 Å². The summed E-state index contributed by atoms with van der Waals surface area (Å²) in [6.07, 6.45) is 10.2. The number of Topliss-reactive ketones (excluding diaryl/α,β-unsaturated/α-hetero) is 1. The predicted molar refractivity (Wildman–Crippen MR) is 93.7 cm³/mol. The molecule has 0 saturated heterocycles. The van der Waals surface area contributed by atoms with Gasteiger partial charge in [0, 0.05) is 18.3 Å². The van der Waals surface area contributed by atoms with Crippen molar-refractivity contribution < 1.29 is 19.4 Å². The Morgan fingerprint density at radius 2 is 1.92 bits per heavy atom. The zero-order valence-corrected chi connectivity index (χ0v) is 15.4. The molecule has 4 aliphatic rings. The minimum atomic E-state index is -0.536. The minimum Gasteiger partial charge on any atom is -0.460 e. The molecule has 0 amide bonds. The summed E-state index contributed by atoms with van der Waals surface area (Å²) in [6.45, 7) is 4.08. The molecule has 3 unspecified atom stereocenters. The molecule has 4 rings (SSSR count). The van der Waals surface area contributed by atoms with Crippen molar-refractivity contribution in [2.24, 2.45) is 28.6 Å². The van der Waals surface area contributed by atoms with Crippen LogP contribution < -0.4 is 0 Å². The Morgan fingerprint density at radius 1 is 1.20 bits per heavy atom. The van der Waals surface area contributed by atoms with Crippen molar-refractivity contribution in [2.45, 2.75) is 71.3 Å². The molecule has 4 aliphatic carbocycles. The number of hydrogen-bond donors (Lipinski definition) is 1. The van der Waals surface area contributed by atoms with Crippen molar-refractivity contribution in [1.29, 1.82) is 0 Å². The van der Waals surface area contributed by atoms with Gasteiger partial charge in [0.1, 0.15) is 18.5 Å². The molecule has 0 aliphatic heterocycles. The zero-order chi connectivity index (χ0) is 17.8. The van der Waals surface area contributed by atoms with E-state index in [-0.39, 0.29) is 16.9 Å². The number of allylic oxidation sites excluding steroid dienone is 1. The van der Waals surface area contributed by atoms with E-state index in [9.17, 15) is 9.59 Å². The molecule has 0 aromatic heterocycles. The predicted octanol–water partition coefficient (Wildman–Crippen LogP) is 3.42. The lowest BCUT2D eigenvalue weighted by Gasteiger charge is -2.56. The fraction of sp³-hybridized carbons (Fsp3) is 0.810. The molecule has 0 heterocycles. The highest BCUT2D eigenvalue weighted by Gasteiger charge is 2.58. The highest BCUT2D eigenvalue weighted by molar-refractivity contribution is 5.87. The Hall–Kier alpha value is -1.16. The third-order valence-electron chi connectivity index (χ3n) is 8.19. The Balaban J connectivity index is 1.56. The Morgan fingerprint density at radius 3 is 2.68 bits per heavy atom. The van der Waals surface area contributed by atoms with Crippen LogP contribution in [0, 0.1) is 28.6 Å². The molecule has 0 spiro atoms. The average molecular weight is 346 g/mol. The van der Waals surface area contributed by atoms with E-state index in [0.29, 0.717) is 23.5 Å². The number of esters is 1. The number of carbonyl (C=O) groups is 2. The van der Waals surface area contributed by atoms with Gasteiger partial charge in [-0.15, -0.1) is 0 Å². The fourth-order valence-electron chi connectivity index (χ4n) is 6.72. The lowest BCUT2D eigenvalue weighted by atomic mass is 9.48. The molecule has 3 fully saturated rings. The van der Waals surface area contributed by atoms with Gasteiger partial charge in [0.25, 0.3) is 0 Å². The van der Waals surface area contributed by atoms with Crippen LogP contribution in [0.2, 0.25) is 0 Å². The lowest BCUT2D eigenvalue weighted by molar-refractivity contribution is -0.154. The molecule has 3 saturated carbocycles. The first-order valence-corrected chi connectivity index (χ1v) is 9.91. The van der Waals surface area contributed by atoms with Crippen LogP contribution in [0.25, 0.3) is 0 Å². The molecule has 138 valence electrons. The highest BCUT2D eigenvalue weighted by atomic mass is 16.6. The molecule has 6 atom stereocenters. The molecule has 4 heteroatoms. The maximum Gasteiger partial charge on any atom is 0.332 e. The maximum atomic E-state index is 12.5. The van der Waals surface area contributed by atoms with Gasteiger partial charge in [-0.3, -0.25) is 4.79 Å². The van der Waals surface area contributed by atoms with Crippen LogP contribution in [-0.4, -0.2) is 29.6 Å². The Bertz CT molecular complexity index is 623. The molecule has 0 aromatic rings. The van der Waals surface area contributed by atoms with Crippen LogP contribution in [0.1, 0.15) is 65.2 Å². The topological polar surface area (TPSA) is 63.6 Å². The van der Waals surface area contributed by atoms with Crippen molar-refractivity contribution in [3.05, 3.63) is 11.6 Å². The summed E-state index contributed by atoms with van der Waals surface area (Å²) in [6, 6.07) is 0. The summed E-state index contributed by atoms with van der Waals surface area (Å²) in [5.74, 6) is 1.83. The van der Waals surface area contributed by atoms with Crippen molar-refractivity contribution >= 4 is 11.8 Å². The molecule has 0 radical (unpaired) electrons. The van der Waals surface area contributed by atoms with Gasteiger partial charge >= 0.3 is 5.97 Å². The summed E-state index contributed by atoms with van der Waals surface area (Å²) in [7, 11) is 0. The van der Waals surface area contributed by atoms with E-state index < -0.39 is 12.6 Å². The normalized spacial score (nSPS) is 45.9. The summed E-state index contributed by atoms with van der Waals surface area (Å²) in [5, 5.41) is 8.92. The smallest absolute Gasteiger partial charge is 0.332 e. The fourth-order valence-corrected chi connectivity index (χ4v) is 6.72. The van der Waals surface area contributed by atoms with Gasteiger partial charge in [-0.05, 0) is 61.7 Å². The third-order valence-corrected chi connectivity index (χ3v) is 8.19. The zero-order valence-electron chi connectivity index (χ0n) is 15.4. The number of rotatable bonds is 2. The van der Waals surface area contributed by atoms with E-state index >= 15 is 0 Å². The van der Waals surface area contributed by atoms with Crippen LogP contribution in [-0.2, 0) is 14.3 Å². The number of aliphatic hydroxyl groups excluding tert-OH is 1. The van der Waals surface area contributed by atoms with E-state index in [0.717, 1.165) is 51.4 Å². The molecule has 0 aromatic carbocycles. The molecular formula is C21H30O4. The molecule has 4 nitrogen and oxygen atoms in total. The number of ether oxygens (including phenoxy) is 1. The van der Waals surface area contributed by atoms with E-state index in [2.05, 4.69) is 19.9 Å². The summed E-state index contributed by atoms with van der Waals surface area (Å²) in [5.41, 5.74) is 1.57. The van der Waals surface area contributed by atoms with Gasteiger partial charge in [0.2, 0.25) is 0 Å². The van der Waals surface area contributed by atoms with Crippen molar-refractivity contribution in [3.63, 3.8) is 0 Å². The quantitative estimate of drug-likeness (QED) is 0.615. The van der Waals surface area contributed by atoms with Crippen molar-refractivity contribution in [1.82, 2.24) is 0 Å².